The zero-order valence-corrected chi connectivity index (χ0v) is 30.0. The SMILES string of the molecule is c1ccc(-c2cccc(N(c3ccccc3)c3ccc(-n4c5ccccc5c5cc6c7c8ccccc8ccc7n(-c7ccccc7)c6cc54)cc3)c2)cc1. The quantitative estimate of drug-likeness (QED) is 0.168. The van der Waals surface area contributed by atoms with E-state index in [1.54, 1.807) is 0 Å². The molecule has 9 aromatic carbocycles. The highest BCUT2D eigenvalue weighted by Gasteiger charge is 2.20. The van der Waals surface area contributed by atoms with Crippen LogP contribution in [0.4, 0.5) is 17.1 Å². The summed E-state index contributed by atoms with van der Waals surface area (Å²) in [5.74, 6) is 0. The second-order valence-corrected chi connectivity index (χ2v) is 14.2. The monoisotopic (exact) mass is 701 g/mol. The third kappa shape index (κ3) is 5.05. The van der Waals surface area contributed by atoms with Gasteiger partial charge in [0.2, 0.25) is 0 Å². The summed E-state index contributed by atoms with van der Waals surface area (Å²) in [6.45, 7) is 0. The molecule has 2 heterocycles. The predicted molar refractivity (Wildman–Crippen MR) is 233 cm³/mol. The van der Waals surface area contributed by atoms with Gasteiger partial charge in [-0.05, 0) is 107 Å². The Kier molecular flexibility index (Phi) is 7.17. The molecule has 258 valence electrons. The Balaban J connectivity index is 1.12. The molecule has 3 nitrogen and oxygen atoms in total. The Labute approximate surface area is 319 Å². The molecule has 0 aliphatic heterocycles. The lowest BCUT2D eigenvalue weighted by molar-refractivity contribution is 1.16. The van der Waals surface area contributed by atoms with Crippen LogP contribution in [0, 0.1) is 0 Å². The van der Waals surface area contributed by atoms with Crippen molar-refractivity contribution in [2.75, 3.05) is 4.90 Å². The second-order valence-electron chi connectivity index (χ2n) is 14.2. The van der Waals surface area contributed by atoms with Crippen LogP contribution in [0.1, 0.15) is 0 Å². The Morgan fingerprint density at radius 2 is 0.873 bits per heavy atom. The predicted octanol–water partition coefficient (Wildman–Crippen LogP) is 14.2. The van der Waals surface area contributed by atoms with Crippen LogP contribution >= 0.6 is 0 Å². The van der Waals surface area contributed by atoms with Crippen LogP contribution in [0.25, 0.3) is 76.9 Å². The van der Waals surface area contributed by atoms with Gasteiger partial charge < -0.3 is 14.0 Å². The number of hydrogen-bond acceptors (Lipinski definition) is 1. The van der Waals surface area contributed by atoms with Gasteiger partial charge in [-0.1, -0.05) is 127 Å². The molecule has 0 bridgehead atoms. The second kappa shape index (κ2) is 12.6. The van der Waals surface area contributed by atoms with Gasteiger partial charge in [0.1, 0.15) is 0 Å². The Hall–Kier alpha value is -7.36. The van der Waals surface area contributed by atoms with E-state index < -0.39 is 0 Å². The van der Waals surface area contributed by atoms with Gasteiger partial charge in [0.25, 0.3) is 0 Å². The summed E-state index contributed by atoms with van der Waals surface area (Å²) in [5.41, 5.74) is 12.8. The Morgan fingerprint density at radius 1 is 0.291 bits per heavy atom. The van der Waals surface area contributed by atoms with E-state index in [2.05, 4.69) is 226 Å². The van der Waals surface area contributed by atoms with E-state index in [4.69, 9.17) is 0 Å². The third-order valence-corrected chi connectivity index (χ3v) is 11.1. The molecule has 0 saturated heterocycles. The van der Waals surface area contributed by atoms with Crippen molar-refractivity contribution in [2.24, 2.45) is 0 Å². The highest BCUT2D eigenvalue weighted by Crippen LogP contribution is 2.43. The number of anilines is 3. The van der Waals surface area contributed by atoms with E-state index >= 15 is 0 Å². The molecule has 3 heteroatoms. The van der Waals surface area contributed by atoms with E-state index in [9.17, 15) is 0 Å². The van der Waals surface area contributed by atoms with E-state index in [0.717, 1.165) is 28.4 Å². The molecule has 0 fully saturated rings. The van der Waals surface area contributed by atoms with Crippen molar-refractivity contribution in [3.05, 3.63) is 212 Å². The first-order chi connectivity index (χ1) is 27.3. The minimum Gasteiger partial charge on any atom is -0.310 e. The molecule has 0 spiro atoms. The van der Waals surface area contributed by atoms with Crippen molar-refractivity contribution in [1.82, 2.24) is 9.13 Å². The molecule has 11 aromatic rings. The minimum absolute atomic E-state index is 1.10. The summed E-state index contributed by atoms with van der Waals surface area (Å²) in [6, 6.07) is 76.8. The van der Waals surface area contributed by atoms with Crippen molar-refractivity contribution in [1.29, 1.82) is 0 Å². The summed E-state index contributed by atoms with van der Waals surface area (Å²) in [7, 11) is 0. The zero-order chi connectivity index (χ0) is 36.3. The van der Waals surface area contributed by atoms with E-state index in [1.807, 2.05) is 0 Å². The van der Waals surface area contributed by atoms with Gasteiger partial charge in [0, 0.05) is 50.0 Å². The highest BCUT2D eigenvalue weighted by atomic mass is 15.1. The molecular formula is C52H35N3. The van der Waals surface area contributed by atoms with Gasteiger partial charge in [-0.25, -0.2) is 0 Å². The molecule has 55 heavy (non-hydrogen) atoms. The number of benzene rings is 9. The first kappa shape index (κ1) is 31.2. The number of fused-ring (bicyclic) bond motifs is 8. The van der Waals surface area contributed by atoms with Crippen LogP contribution in [0.15, 0.2) is 212 Å². The summed E-state index contributed by atoms with van der Waals surface area (Å²) in [5, 5.41) is 7.57. The molecule has 0 aliphatic carbocycles. The molecule has 0 aliphatic rings. The molecule has 0 amide bonds. The van der Waals surface area contributed by atoms with E-state index in [0.29, 0.717) is 0 Å². The summed E-state index contributed by atoms with van der Waals surface area (Å²) >= 11 is 0. The van der Waals surface area contributed by atoms with E-state index in [1.165, 1.54) is 65.5 Å². The third-order valence-electron chi connectivity index (χ3n) is 11.1. The summed E-state index contributed by atoms with van der Waals surface area (Å²) in [4.78, 5) is 2.34. The number of nitrogens with zero attached hydrogens (tertiary/aromatic N) is 3. The molecule has 0 atom stereocenters. The maximum Gasteiger partial charge on any atom is 0.0562 e. The van der Waals surface area contributed by atoms with Crippen molar-refractivity contribution in [2.45, 2.75) is 0 Å². The standard InChI is InChI=1S/C52H35N3/c1-4-15-36(16-5-1)38-18-14-23-43(33-38)53(39-19-6-2-7-20-39)41-28-30-42(31-29-41)54-48-26-13-12-25-45(48)46-34-47-51(35-50(46)54)55(40-21-8-3-9-22-40)49-32-27-37-17-10-11-24-44(37)52(47)49/h1-35H. The first-order valence-corrected chi connectivity index (χ1v) is 18.9. The molecule has 0 N–H and O–H groups in total. The lowest BCUT2D eigenvalue weighted by atomic mass is 10.0. The molecule has 0 radical (unpaired) electrons. The Morgan fingerprint density at radius 3 is 1.67 bits per heavy atom. The van der Waals surface area contributed by atoms with Crippen molar-refractivity contribution in [3.8, 4) is 22.5 Å². The van der Waals surface area contributed by atoms with Gasteiger partial charge in [0.15, 0.2) is 0 Å². The topological polar surface area (TPSA) is 13.1 Å². The number of rotatable bonds is 6. The van der Waals surface area contributed by atoms with Gasteiger partial charge in [-0.15, -0.1) is 0 Å². The minimum atomic E-state index is 1.10. The maximum atomic E-state index is 2.43. The van der Waals surface area contributed by atoms with Crippen molar-refractivity contribution < 1.29 is 0 Å². The number of hydrogen-bond donors (Lipinski definition) is 0. The van der Waals surface area contributed by atoms with Gasteiger partial charge in [-0.3, -0.25) is 0 Å². The Bertz CT molecular complexity index is 3180. The molecule has 0 unspecified atom stereocenters. The van der Waals surface area contributed by atoms with Crippen LogP contribution < -0.4 is 4.90 Å². The normalized spacial score (nSPS) is 11.6. The van der Waals surface area contributed by atoms with Gasteiger partial charge in [0.05, 0.1) is 22.1 Å². The largest absolute Gasteiger partial charge is 0.310 e. The molecule has 0 saturated carbocycles. The number of aromatic nitrogens is 2. The van der Waals surface area contributed by atoms with E-state index in [-0.39, 0.29) is 0 Å². The van der Waals surface area contributed by atoms with Crippen molar-refractivity contribution in [3.63, 3.8) is 0 Å². The summed E-state index contributed by atoms with van der Waals surface area (Å²) < 4.78 is 4.87. The van der Waals surface area contributed by atoms with Gasteiger partial charge >= 0.3 is 0 Å². The average Bonchev–Trinajstić information content (AvgIpc) is 3.76. The van der Waals surface area contributed by atoms with Crippen LogP contribution in [0.5, 0.6) is 0 Å². The zero-order valence-electron chi connectivity index (χ0n) is 30.0. The van der Waals surface area contributed by atoms with Crippen LogP contribution in [-0.4, -0.2) is 9.13 Å². The molecule has 2 aromatic heterocycles. The fraction of sp³-hybridized carbons (Fsp3) is 0. The highest BCUT2D eigenvalue weighted by molar-refractivity contribution is 6.25. The van der Waals surface area contributed by atoms with Crippen molar-refractivity contribution >= 4 is 71.4 Å². The maximum absolute atomic E-state index is 2.43. The lowest BCUT2D eigenvalue weighted by Crippen LogP contribution is -2.10. The molecule has 11 rings (SSSR count). The average molecular weight is 702 g/mol. The van der Waals surface area contributed by atoms with Crippen LogP contribution in [0.2, 0.25) is 0 Å². The fourth-order valence-corrected chi connectivity index (χ4v) is 8.61. The smallest absolute Gasteiger partial charge is 0.0562 e. The first-order valence-electron chi connectivity index (χ1n) is 18.9. The summed E-state index contributed by atoms with van der Waals surface area (Å²) in [6.07, 6.45) is 0. The van der Waals surface area contributed by atoms with Crippen LogP contribution in [-0.2, 0) is 0 Å². The van der Waals surface area contributed by atoms with Crippen LogP contribution in [0.3, 0.4) is 0 Å². The van der Waals surface area contributed by atoms with Gasteiger partial charge in [-0.2, -0.15) is 0 Å². The number of para-hydroxylation sites is 3. The molecular weight excluding hydrogens is 667 g/mol. The lowest BCUT2D eigenvalue weighted by Gasteiger charge is -2.26. The fourth-order valence-electron chi connectivity index (χ4n) is 8.61.